The number of rotatable bonds is 11. The molecule has 0 unspecified atom stereocenters. The first-order chi connectivity index (χ1) is 22.5. The zero-order valence-electron chi connectivity index (χ0n) is 28.8. The second-order valence-electron chi connectivity index (χ2n) is 11.8. The standard InChI is InChI=1S/C33H39F3N6S.2C2H6/c1-5-21(2)39-27-13-24(14-27)20-42-28(18-37)15-25-12-23(6-7-31(25)42)19-41-10-8-26(9-11-41)40-22(3)30-16-29(17-33(34,35)36)43-32(30)38-4;2*1-2/h5-7,12,15-16,24,26-27,38-39H,1-2,8-11,13-14,17,19-20H2,3-4H3;2*1-2H3. The molecule has 1 saturated carbocycles. The van der Waals surface area contributed by atoms with Gasteiger partial charge in [-0.25, -0.2) is 0 Å². The monoisotopic (exact) mass is 668 g/mol. The largest absolute Gasteiger partial charge is 0.393 e. The first-order valence-corrected chi connectivity index (χ1v) is 17.6. The van der Waals surface area contributed by atoms with Crippen molar-refractivity contribution in [2.45, 2.75) is 98.1 Å². The van der Waals surface area contributed by atoms with Crippen LogP contribution in [-0.2, 0) is 19.5 Å². The van der Waals surface area contributed by atoms with Gasteiger partial charge in [0.25, 0.3) is 0 Å². The van der Waals surface area contributed by atoms with Gasteiger partial charge in [0.1, 0.15) is 11.8 Å². The smallest absolute Gasteiger partial charge is 0.383 e. The minimum absolute atomic E-state index is 0.151. The van der Waals surface area contributed by atoms with Crippen molar-refractivity contribution in [3.05, 3.63) is 77.0 Å². The van der Waals surface area contributed by atoms with Crippen LogP contribution in [0.1, 0.15) is 82.0 Å². The molecular weight excluding hydrogens is 618 g/mol. The maximum absolute atomic E-state index is 12.9. The van der Waals surface area contributed by atoms with Gasteiger partial charge in [-0.1, -0.05) is 46.9 Å². The molecule has 3 aromatic rings. The summed E-state index contributed by atoms with van der Waals surface area (Å²) >= 11 is 1.14. The number of thiophene rings is 1. The van der Waals surface area contributed by atoms with Crippen molar-refractivity contribution in [1.82, 2.24) is 14.8 Å². The average Bonchev–Trinajstić information content (AvgIpc) is 3.62. The van der Waals surface area contributed by atoms with Gasteiger partial charge in [0.05, 0.1) is 17.5 Å². The number of piperidine rings is 1. The summed E-state index contributed by atoms with van der Waals surface area (Å²) in [5.41, 5.74) is 5.42. The van der Waals surface area contributed by atoms with Gasteiger partial charge in [0.15, 0.2) is 0 Å². The van der Waals surface area contributed by atoms with Gasteiger partial charge in [-0.2, -0.15) is 18.4 Å². The Hall–Kier alpha value is -3.55. The molecule has 2 aromatic heterocycles. The molecule has 0 amide bonds. The van der Waals surface area contributed by atoms with E-state index in [4.69, 9.17) is 4.99 Å². The molecule has 1 saturated heterocycles. The summed E-state index contributed by atoms with van der Waals surface area (Å²) in [7, 11) is 1.73. The Morgan fingerprint density at radius 1 is 1.13 bits per heavy atom. The van der Waals surface area contributed by atoms with E-state index in [2.05, 4.69) is 57.5 Å². The van der Waals surface area contributed by atoms with Gasteiger partial charge < -0.3 is 15.2 Å². The van der Waals surface area contributed by atoms with E-state index in [1.165, 1.54) is 5.56 Å². The molecule has 1 aromatic carbocycles. The van der Waals surface area contributed by atoms with Crippen molar-refractivity contribution >= 4 is 33.0 Å². The number of halogens is 3. The number of aromatic nitrogens is 1. The quantitative estimate of drug-likeness (QED) is 0.158. The van der Waals surface area contributed by atoms with Crippen molar-refractivity contribution in [3.63, 3.8) is 0 Å². The van der Waals surface area contributed by atoms with Gasteiger partial charge in [0, 0.05) is 72.0 Å². The van der Waals surface area contributed by atoms with E-state index in [0.29, 0.717) is 22.5 Å². The molecule has 3 heterocycles. The molecule has 0 atom stereocenters. The lowest BCUT2D eigenvalue weighted by Crippen LogP contribution is -2.41. The summed E-state index contributed by atoms with van der Waals surface area (Å²) in [5, 5.41) is 18.1. The highest BCUT2D eigenvalue weighted by Gasteiger charge is 2.31. The lowest BCUT2D eigenvalue weighted by molar-refractivity contribution is -0.126. The Labute approximate surface area is 283 Å². The number of aliphatic imine (C=N–C) groups is 1. The predicted molar refractivity (Wildman–Crippen MR) is 192 cm³/mol. The summed E-state index contributed by atoms with van der Waals surface area (Å²) in [6.07, 6.45) is 0.510. The molecule has 2 fully saturated rings. The van der Waals surface area contributed by atoms with E-state index in [1.807, 2.05) is 40.7 Å². The predicted octanol–water partition coefficient (Wildman–Crippen LogP) is 9.31. The number of benzene rings is 1. The summed E-state index contributed by atoms with van der Waals surface area (Å²) < 4.78 is 40.9. The number of fused-ring (bicyclic) bond motifs is 1. The Morgan fingerprint density at radius 2 is 1.81 bits per heavy atom. The van der Waals surface area contributed by atoms with E-state index < -0.39 is 12.6 Å². The van der Waals surface area contributed by atoms with Gasteiger partial charge in [-0.3, -0.25) is 9.89 Å². The molecule has 0 spiro atoms. The van der Waals surface area contributed by atoms with Crippen molar-refractivity contribution in [3.8, 4) is 6.07 Å². The molecule has 0 bridgehead atoms. The molecule has 10 heteroatoms. The number of allylic oxidation sites excluding steroid dienone is 1. The van der Waals surface area contributed by atoms with Gasteiger partial charge in [-0.15, -0.1) is 11.3 Å². The SMILES string of the molecule is C=CC(=C)NC1CC(Cn2c(C#N)cc3cc(CN4CCC(N=C(C)c5cc(CC(F)(F)F)sc5NC)CC4)ccc32)C1.CC.CC. The molecule has 1 aliphatic heterocycles. The van der Waals surface area contributed by atoms with E-state index in [0.717, 1.165) is 96.1 Å². The summed E-state index contributed by atoms with van der Waals surface area (Å²) in [6.45, 7) is 21.1. The van der Waals surface area contributed by atoms with E-state index in [1.54, 1.807) is 19.2 Å². The number of nitrogens with one attached hydrogen (secondary N) is 2. The molecule has 1 aliphatic carbocycles. The fourth-order valence-corrected chi connectivity index (χ4v) is 7.37. The van der Waals surface area contributed by atoms with Crippen molar-refractivity contribution in [2.75, 3.05) is 25.5 Å². The van der Waals surface area contributed by atoms with Crippen LogP contribution >= 0.6 is 11.3 Å². The first kappa shape index (κ1) is 37.9. The Balaban J connectivity index is 0.00000144. The van der Waals surface area contributed by atoms with Crippen molar-refractivity contribution < 1.29 is 13.2 Å². The van der Waals surface area contributed by atoms with E-state index >= 15 is 0 Å². The van der Waals surface area contributed by atoms with Crippen molar-refractivity contribution in [1.29, 1.82) is 5.26 Å². The minimum Gasteiger partial charge on any atom is -0.383 e. The van der Waals surface area contributed by atoms with Crippen LogP contribution in [0, 0.1) is 17.2 Å². The molecular formula is C37H51F3N6S. The number of likely N-dealkylation sites (tertiary alicyclic amines) is 1. The van der Waals surface area contributed by atoms with Crippen LogP contribution in [0.15, 0.2) is 60.3 Å². The Kier molecular flexibility index (Phi) is 14.2. The fourth-order valence-electron chi connectivity index (χ4n) is 6.28. The molecule has 47 heavy (non-hydrogen) atoms. The highest BCUT2D eigenvalue weighted by Crippen LogP contribution is 2.34. The lowest BCUT2D eigenvalue weighted by Gasteiger charge is -2.37. The van der Waals surface area contributed by atoms with Gasteiger partial charge >= 0.3 is 6.18 Å². The molecule has 256 valence electrons. The number of alkyl halides is 3. The molecule has 5 rings (SSSR count). The molecule has 0 radical (unpaired) electrons. The highest BCUT2D eigenvalue weighted by molar-refractivity contribution is 7.16. The second kappa shape index (κ2) is 17.6. The fraction of sp³-hybridized carbons (Fsp3) is 0.514. The summed E-state index contributed by atoms with van der Waals surface area (Å²) in [4.78, 5) is 7.64. The van der Waals surface area contributed by atoms with E-state index in [-0.39, 0.29) is 6.04 Å². The van der Waals surface area contributed by atoms with Crippen LogP contribution in [-0.4, -0.2) is 53.6 Å². The molecule has 2 aliphatic rings. The summed E-state index contributed by atoms with van der Waals surface area (Å²) in [6, 6.07) is 13.1. The van der Waals surface area contributed by atoms with Crippen LogP contribution in [0.3, 0.4) is 0 Å². The zero-order chi connectivity index (χ0) is 34.7. The average molecular weight is 669 g/mol. The molecule has 6 nitrogen and oxygen atoms in total. The maximum atomic E-state index is 12.9. The van der Waals surface area contributed by atoms with Crippen LogP contribution in [0.4, 0.5) is 18.2 Å². The van der Waals surface area contributed by atoms with Crippen LogP contribution in [0.25, 0.3) is 10.9 Å². The number of hydrogen-bond donors (Lipinski definition) is 2. The normalized spacial score (nSPS) is 18.6. The van der Waals surface area contributed by atoms with E-state index in [9.17, 15) is 18.4 Å². The van der Waals surface area contributed by atoms with Gasteiger partial charge in [0.2, 0.25) is 0 Å². The topological polar surface area (TPSA) is 68.4 Å². The van der Waals surface area contributed by atoms with Gasteiger partial charge in [-0.05, 0) is 74.4 Å². The third-order valence-corrected chi connectivity index (χ3v) is 9.66. The van der Waals surface area contributed by atoms with Crippen molar-refractivity contribution in [2.24, 2.45) is 10.9 Å². The lowest BCUT2D eigenvalue weighted by atomic mass is 9.80. The number of nitrogens with zero attached hydrogens (tertiary/aromatic N) is 4. The van der Waals surface area contributed by atoms with Crippen LogP contribution in [0.5, 0.6) is 0 Å². The third-order valence-electron chi connectivity index (χ3n) is 8.51. The zero-order valence-corrected chi connectivity index (χ0v) is 29.6. The number of anilines is 1. The second-order valence-corrected chi connectivity index (χ2v) is 12.9. The first-order valence-electron chi connectivity index (χ1n) is 16.8. The third kappa shape index (κ3) is 10.2. The number of nitriles is 1. The Morgan fingerprint density at radius 3 is 2.40 bits per heavy atom. The minimum atomic E-state index is -4.22. The maximum Gasteiger partial charge on any atom is 0.393 e. The molecule has 2 N–H and O–H groups in total. The summed E-state index contributed by atoms with van der Waals surface area (Å²) in [5.74, 6) is 0.525. The van der Waals surface area contributed by atoms with Crippen LogP contribution < -0.4 is 10.6 Å². The van der Waals surface area contributed by atoms with Crippen LogP contribution in [0.2, 0.25) is 0 Å². The highest BCUT2D eigenvalue weighted by atomic mass is 32.1. The Bertz CT molecular complexity index is 1550. The number of hydrogen-bond acceptors (Lipinski definition) is 6.